The van der Waals surface area contributed by atoms with E-state index < -0.39 is 23.0 Å². The summed E-state index contributed by atoms with van der Waals surface area (Å²) in [5.41, 5.74) is 6.87. The van der Waals surface area contributed by atoms with E-state index >= 15 is 0 Å². The van der Waals surface area contributed by atoms with Crippen molar-refractivity contribution in [2.75, 3.05) is 11.1 Å². The van der Waals surface area contributed by atoms with Gasteiger partial charge in [0.15, 0.2) is 5.82 Å². The van der Waals surface area contributed by atoms with Gasteiger partial charge in [-0.25, -0.2) is 23.4 Å². The van der Waals surface area contributed by atoms with Crippen LogP contribution in [0, 0.1) is 11.6 Å². The van der Waals surface area contributed by atoms with Gasteiger partial charge in [-0.2, -0.15) is 0 Å². The molecule has 0 aliphatic rings. The quantitative estimate of drug-likeness (QED) is 0.291. The molecule has 2 aromatic carbocycles. The van der Waals surface area contributed by atoms with Crippen molar-refractivity contribution in [1.82, 2.24) is 25.3 Å². The number of benzene rings is 2. The number of carbonyl (C=O) groups is 1. The van der Waals surface area contributed by atoms with Gasteiger partial charge in [0.05, 0.1) is 22.2 Å². The van der Waals surface area contributed by atoms with E-state index in [2.05, 4.69) is 35.2 Å². The van der Waals surface area contributed by atoms with Crippen molar-refractivity contribution in [3.8, 4) is 0 Å². The van der Waals surface area contributed by atoms with Gasteiger partial charge in [0, 0.05) is 12.7 Å². The summed E-state index contributed by atoms with van der Waals surface area (Å²) in [7, 11) is 0. The van der Waals surface area contributed by atoms with E-state index in [4.69, 9.17) is 5.73 Å². The average molecular weight is 421 g/mol. The molecule has 0 bridgehead atoms. The van der Waals surface area contributed by atoms with Crippen molar-refractivity contribution < 1.29 is 18.2 Å². The van der Waals surface area contributed by atoms with Gasteiger partial charge in [-0.1, -0.05) is 6.07 Å². The minimum absolute atomic E-state index is 0.0117. The van der Waals surface area contributed by atoms with Gasteiger partial charge in [0.2, 0.25) is 5.78 Å². The lowest BCUT2D eigenvalue weighted by Gasteiger charge is -2.09. The third-order valence-corrected chi connectivity index (χ3v) is 4.84. The molecule has 0 atom stereocenters. The van der Waals surface area contributed by atoms with Crippen LogP contribution < -0.4 is 11.1 Å². The van der Waals surface area contributed by atoms with Crippen molar-refractivity contribution in [1.29, 1.82) is 0 Å². The highest BCUT2D eigenvalue weighted by atomic mass is 19.1. The number of aromatic nitrogens is 5. The van der Waals surface area contributed by atoms with E-state index in [1.54, 1.807) is 12.1 Å². The fourth-order valence-corrected chi connectivity index (χ4v) is 3.31. The molecule has 9 nitrogen and oxygen atoms in total. The van der Waals surface area contributed by atoms with Gasteiger partial charge in [-0.3, -0.25) is 4.79 Å². The molecule has 0 aliphatic carbocycles. The lowest BCUT2D eigenvalue weighted by molar-refractivity contribution is 0.103. The Hall–Kier alpha value is -4.41. The number of H-pyrrole nitrogens is 1. The van der Waals surface area contributed by atoms with Crippen molar-refractivity contribution in [3.63, 3.8) is 0 Å². The number of nitrogens with two attached hydrogens (primary N) is 1. The van der Waals surface area contributed by atoms with E-state index in [-0.39, 0.29) is 11.3 Å². The van der Waals surface area contributed by atoms with Gasteiger partial charge >= 0.3 is 0 Å². The van der Waals surface area contributed by atoms with Crippen LogP contribution in [0.3, 0.4) is 0 Å². The Kier molecular flexibility index (Phi) is 4.28. The maximum Gasteiger partial charge on any atom is 0.201 e. The van der Waals surface area contributed by atoms with E-state index in [0.717, 1.165) is 17.7 Å². The topological polar surface area (TPSA) is 136 Å². The lowest BCUT2D eigenvalue weighted by Crippen LogP contribution is -2.10. The predicted octanol–water partition coefficient (Wildman–Crippen LogP) is 3.20. The van der Waals surface area contributed by atoms with E-state index in [0.29, 0.717) is 34.4 Å². The molecule has 0 fully saturated rings. The summed E-state index contributed by atoms with van der Waals surface area (Å²) >= 11 is 0. The first-order chi connectivity index (χ1) is 15.0. The van der Waals surface area contributed by atoms with Crippen LogP contribution in [0.2, 0.25) is 0 Å². The number of fused-ring (bicyclic) bond motifs is 2. The molecular weight excluding hydrogens is 408 g/mol. The molecule has 5 aromatic rings. The standard InChI is InChI=1S/C20H13F2N7O2/c21-11-2-3-12(23)17(22)16(11)18(30)10-7-25-20-15(10)19(26-8-27-20)24-6-9-1-4-13-14(5-9)29-31-28-13/h1-5,7-8H,6,23H2,(H2,24,25,26,27). The fourth-order valence-electron chi connectivity index (χ4n) is 3.31. The Morgan fingerprint density at radius 3 is 2.84 bits per heavy atom. The van der Waals surface area contributed by atoms with Crippen molar-refractivity contribution >= 4 is 39.4 Å². The summed E-state index contributed by atoms with van der Waals surface area (Å²) in [5, 5.41) is 11.0. The van der Waals surface area contributed by atoms with Gasteiger partial charge in [0.1, 0.15) is 34.6 Å². The highest BCUT2D eigenvalue weighted by molar-refractivity contribution is 6.18. The van der Waals surface area contributed by atoms with Crippen LogP contribution in [0.4, 0.5) is 20.3 Å². The zero-order valence-electron chi connectivity index (χ0n) is 15.7. The van der Waals surface area contributed by atoms with E-state index in [1.807, 2.05) is 6.07 Å². The van der Waals surface area contributed by atoms with Crippen molar-refractivity contribution in [3.05, 3.63) is 71.2 Å². The summed E-state index contributed by atoms with van der Waals surface area (Å²) < 4.78 is 33.4. The van der Waals surface area contributed by atoms with Crippen LogP contribution in [0.1, 0.15) is 21.5 Å². The SMILES string of the molecule is Nc1ccc(F)c(C(=O)c2c[nH]c3ncnc(NCc4ccc5nonc5c4)c23)c1F. The molecule has 0 saturated carbocycles. The zero-order valence-corrected chi connectivity index (χ0v) is 15.7. The molecule has 0 amide bonds. The highest BCUT2D eigenvalue weighted by Crippen LogP contribution is 2.29. The average Bonchev–Trinajstić information content (AvgIpc) is 3.41. The number of halogens is 2. The Morgan fingerprint density at radius 1 is 1.13 bits per heavy atom. The molecule has 154 valence electrons. The molecule has 31 heavy (non-hydrogen) atoms. The number of carbonyl (C=O) groups excluding carboxylic acids is 1. The summed E-state index contributed by atoms with van der Waals surface area (Å²) in [6, 6.07) is 7.39. The summed E-state index contributed by atoms with van der Waals surface area (Å²) in [6.45, 7) is 0.328. The number of nitrogens with zero attached hydrogens (tertiary/aromatic N) is 4. The van der Waals surface area contributed by atoms with Crippen molar-refractivity contribution in [2.45, 2.75) is 6.54 Å². The summed E-state index contributed by atoms with van der Waals surface area (Å²) in [4.78, 5) is 24.1. The second-order valence-electron chi connectivity index (χ2n) is 6.74. The maximum atomic E-state index is 14.4. The Bertz CT molecular complexity index is 1460. The fraction of sp³-hybridized carbons (Fsp3) is 0.0500. The third kappa shape index (κ3) is 3.12. The molecule has 3 heterocycles. The molecule has 5 rings (SSSR count). The molecule has 4 N–H and O–H groups in total. The number of hydrogen-bond donors (Lipinski definition) is 3. The molecule has 0 unspecified atom stereocenters. The summed E-state index contributed by atoms with van der Waals surface area (Å²) in [5.74, 6) is -2.67. The first-order valence-corrected chi connectivity index (χ1v) is 9.08. The number of nitrogen functional groups attached to an aromatic ring is 1. The Balaban J connectivity index is 1.53. The number of ketones is 1. The van der Waals surface area contributed by atoms with Crippen LogP contribution in [-0.4, -0.2) is 31.0 Å². The monoisotopic (exact) mass is 421 g/mol. The summed E-state index contributed by atoms with van der Waals surface area (Å²) in [6.07, 6.45) is 2.64. The molecule has 0 saturated heterocycles. The molecule has 11 heteroatoms. The van der Waals surface area contributed by atoms with E-state index in [9.17, 15) is 13.6 Å². The van der Waals surface area contributed by atoms with Crippen LogP contribution in [-0.2, 0) is 6.54 Å². The molecule has 3 aromatic heterocycles. The second-order valence-corrected chi connectivity index (χ2v) is 6.74. The normalized spacial score (nSPS) is 11.3. The van der Waals surface area contributed by atoms with Gasteiger partial charge in [0.25, 0.3) is 0 Å². The van der Waals surface area contributed by atoms with Crippen molar-refractivity contribution in [2.24, 2.45) is 0 Å². The van der Waals surface area contributed by atoms with Crippen LogP contribution >= 0.6 is 0 Å². The Morgan fingerprint density at radius 2 is 1.97 bits per heavy atom. The van der Waals surface area contributed by atoms with Gasteiger partial charge in [-0.15, -0.1) is 0 Å². The van der Waals surface area contributed by atoms with Gasteiger partial charge < -0.3 is 16.0 Å². The number of nitrogens with one attached hydrogen (secondary N) is 2. The van der Waals surface area contributed by atoms with E-state index in [1.165, 1.54) is 12.5 Å². The zero-order chi connectivity index (χ0) is 21.5. The first kappa shape index (κ1) is 18.6. The van der Waals surface area contributed by atoms with Crippen LogP contribution in [0.15, 0.2) is 47.5 Å². The van der Waals surface area contributed by atoms with Gasteiger partial charge in [-0.05, 0) is 40.1 Å². The largest absolute Gasteiger partial charge is 0.396 e. The molecule has 0 spiro atoms. The first-order valence-electron chi connectivity index (χ1n) is 9.08. The lowest BCUT2D eigenvalue weighted by atomic mass is 10.0. The minimum atomic E-state index is -1.11. The molecule has 0 aliphatic heterocycles. The predicted molar refractivity (Wildman–Crippen MR) is 107 cm³/mol. The van der Waals surface area contributed by atoms with Crippen LogP contribution in [0.25, 0.3) is 22.1 Å². The minimum Gasteiger partial charge on any atom is -0.396 e. The number of rotatable bonds is 5. The van der Waals surface area contributed by atoms with Crippen LogP contribution in [0.5, 0.6) is 0 Å². The second kappa shape index (κ2) is 7.13. The number of anilines is 2. The Labute approximate surface area is 172 Å². The number of aromatic amines is 1. The maximum absolute atomic E-state index is 14.4. The number of hydrogen-bond acceptors (Lipinski definition) is 8. The third-order valence-electron chi connectivity index (χ3n) is 4.84. The smallest absolute Gasteiger partial charge is 0.201 e. The molecular formula is C20H13F2N7O2. The molecule has 0 radical (unpaired) electrons. The highest BCUT2D eigenvalue weighted by Gasteiger charge is 2.25.